The minimum absolute atomic E-state index is 0.0436. The number of carbonyl (C=O) groups is 1. The van der Waals surface area contributed by atoms with Crippen molar-refractivity contribution in [1.82, 2.24) is 0 Å². The Morgan fingerprint density at radius 3 is 2.40 bits per heavy atom. The Bertz CT molecular complexity index is 666. The van der Waals surface area contributed by atoms with Crippen LogP contribution in [0.4, 0.5) is 13.2 Å². The Labute approximate surface area is 112 Å². The van der Waals surface area contributed by atoms with E-state index in [1.54, 1.807) is 0 Å². The molecule has 2 aromatic rings. The molecule has 3 N–H and O–H groups in total. The van der Waals surface area contributed by atoms with Crippen LogP contribution < -0.4 is 5.73 Å². The van der Waals surface area contributed by atoms with Gasteiger partial charge >= 0.3 is 6.18 Å². The molecule has 0 bridgehead atoms. The van der Waals surface area contributed by atoms with Gasteiger partial charge in [-0.3, -0.25) is 4.79 Å². The summed E-state index contributed by atoms with van der Waals surface area (Å²) in [4.78, 5) is 11.3. The fourth-order valence-electron chi connectivity index (χ4n) is 1.85. The van der Waals surface area contributed by atoms with Gasteiger partial charge in [-0.25, -0.2) is 0 Å². The van der Waals surface area contributed by atoms with Crippen LogP contribution in [0.5, 0.6) is 5.75 Å². The highest BCUT2D eigenvalue weighted by atomic mass is 19.4. The first-order chi connectivity index (χ1) is 9.29. The van der Waals surface area contributed by atoms with Gasteiger partial charge in [0.25, 0.3) is 0 Å². The molecule has 0 aromatic heterocycles. The number of nitrogens with two attached hydrogens (primary N) is 1. The lowest BCUT2D eigenvalue weighted by molar-refractivity contribution is -0.137. The van der Waals surface area contributed by atoms with E-state index < -0.39 is 17.6 Å². The monoisotopic (exact) mass is 281 g/mol. The summed E-state index contributed by atoms with van der Waals surface area (Å²) in [6.45, 7) is 0. The highest BCUT2D eigenvalue weighted by molar-refractivity contribution is 6.00. The zero-order chi connectivity index (χ0) is 14.9. The van der Waals surface area contributed by atoms with Crippen LogP contribution >= 0.6 is 0 Å². The molecule has 0 fully saturated rings. The first kappa shape index (κ1) is 13.9. The molecule has 0 aliphatic heterocycles. The number of aromatic hydroxyl groups is 1. The van der Waals surface area contributed by atoms with E-state index in [0.717, 1.165) is 12.1 Å². The molecule has 0 heterocycles. The summed E-state index contributed by atoms with van der Waals surface area (Å²) in [6, 6.07) is 8.20. The molecule has 104 valence electrons. The van der Waals surface area contributed by atoms with Crippen molar-refractivity contribution in [2.24, 2.45) is 5.73 Å². The fraction of sp³-hybridized carbons (Fsp3) is 0.0714. The smallest absolute Gasteiger partial charge is 0.416 e. The molecule has 2 rings (SSSR count). The third kappa shape index (κ3) is 2.74. The van der Waals surface area contributed by atoms with E-state index in [1.165, 1.54) is 30.3 Å². The molecule has 20 heavy (non-hydrogen) atoms. The molecule has 2 aromatic carbocycles. The van der Waals surface area contributed by atoms with Crippen LogP contribution in [0.1, 0.15) is 15.9 Å². The highest BCUT2D eigenvalue weighted by Crippen LogP contribution is 2.34. The number of carbonyl (C=O) groups excluding carboxylic acids is 1. The van der Waals surface area contributed by atoms with Gasteiger partial charge in [-0.05, 0) is 41.5 Å². The van der Waals surface area contributed by atoms with E-state index in [0.29, 0.717) is 0 Å². The highest BCUT2D eigenvalue weighted by Gasteiger charge is 2.30. The molecular weight excluding hydrogens is 271 g/mol. The third-order valence-corrected chi connectivity index (χ3v) is 2.77. The molecule has 0 radical (unpaired) electrons. The van der Waals surface area contributed by atoms with Crippen molar-refractivity contribution in [1.29, 1.82) is 0 Å². The van der Waals surface area contributed by atoms with Crippen molar-refractivity contribution in [2.75, 3.05) is 0 Å². The standard InChI is InChI=1S/C14H10F3NO2/c15-14(16,17)9-3-1-2-8(6-9)12-7-10(19)4-5-11(12)13(18)20/h1-7,19H,(H2,18,20). The average molecular weight is 281 g/mol. The van der Waals surface area contributed by atoms with E-state index in [9.17, 15) is 23.1 Å². The van der Waals surface area contributed by atoms with E-state index in [1.807, 2.05) is 0 Å². The lowest BCUT2D eigenvalue weighted by atomic mass is 9.97. The Morgan fingerprint density at radius 2 is 1.80 bits per heavy atom. The van der Waals surface area contributed by atoms with E-state index >= 15 is 0 Å². The predicted molar refractivity (Wildman–Crippen MR) is 67.1 cm³/mol. The number of phenolic OH excluding ortho intramolecular Hbond substituents is 1. The maximum absolute atomic E-state index is 12.7. The Hall–Kier alpha value is -2.50. The van der Waals surface area contributed by atoms with E-state index in [2.05, 4.69) is 0 Å². The van der Waals surface area contributed by atoms with Gasteiger partial charge in [0.1, 0.15) is 5.75 Å². The van der Waals surface area contributed by atoms with Gasteiger partial charge in [-0.15, -0.1) is 0 Å². The van der Waals surface area contributed by atoms with Gasteiger partial charge in [-0.1, -0.05) is 12.1 Å². The molecule has 0 unspecified atom stereocenters. The summed E-state index contributed by atoms with van der Waals surface area (Å²) in [5.41, 5.74) is 4.70. The summed E-state index contributed by atoms with van der Waals surface area (Å²) in [6.07, 6.45) is -4.49. The van der Waals surface area contributed by atoms with Gasteiger partial charge in [0.15, 0.2) is 0 Å². The number of benzene rings is 2. The number of amides is 1. The van der Waals surface area contributed by atoms with Crippen LogP contribution in [0.2, 0.25) is 0 Å². The second-order valence-electron chi connectivity index (χ2n) is 4.17. The van der Waals surface area contributed by atoms with Crippen LogP contribution in [0, 0.1) is 0 Å². The fourth-order valence-corrected chi connectivity index (χ4v) is 1.85. The first-order valence-corrected chi connectivity index (χ1v) is 5.59. The number of rotatable bonds is 2. The summed E-state index contributed by atoms with van der Waals surface area (Å²) in [7, 11) is 0. The number of hydrogen-bond acceptors (Lipinski definition) is 2. The molecule has 0 aliphatic carbocycles. The van der Waals surface area contributed by atoms with E-state index in [4.69, 9.17) is 5.73 Å². The average Bonchev–Trinajstić information content (AvgIpc) is 2.37. The quantitative estimate of drug-likeness (QED) is 0.888. The lowest BCUT2D eigenvalue weighted by Crippen LogP contribution is -2.12. The number of primary amides is 1. The van der Waals surface area contributed by atoms with Crippen molar-refractivity contribution in [3.63, 3.8) is 0 Å². The van der Waals surface area contributed by atoms with Gasteiger partial charge in [0.05, 0.1) is 5.56 Å². The zero-order valence-electron chi connectivity index (χ0n) is 10.1. The molecule has 0 atom stereocenters. The molecule has 0 saturated carbocycles. The summed E-state index contributed by atoms with van der Waals surface area (Å²) in [5, 5.41) is 9.44. The Morgan fingerprint density at radius 1 is 1.10 bits per heavy atom. The maximum atomic E-state index is 12.7. The molecule has 0 saturated heterocycles. The molecule has 3 nitrogen and oxygen atoms in total. The van der Waals surface area contributed by atoms with Crippen LogP contribution in [0.25, 0.3) is 11.1 Å². The van der Waals surface area contributed by atoms with Crippen molar-refractivity contribution in [3.8, 4) is 16.9 Å². The zero-order valence-corrected chi connectivity index (χ0v) is 10.1. The van der Waals surface area contributed by atoms with Crippen molar-refractivity contribution < 1.29 is 23.1 Å². The van der Waals surface area contributed by atoms with Gasteiger partial charge < -0.3 is 10.8 Å². The van der Waals surface area contributed by atoms with Gasteiger partial charge in [0, 0.05) is 5.56 Å². The molecule has 0 aliphatic rings. The summed E-state index contributed by atoms with van der Waals surface area (Å²) in [5.74, 6) is -0.945. The first-order valence-electron chi connectivity index (χ1n) is 5.59. The van der Waals surface area contributed by atoms with Crippen LogP contribution in [0.3, 0.4) is 0 Å². The minimum atomic E-state index is -4.49. The maximum Gasteiger partial charge on any atom is 0.416 e. The minimum Gasteiger partial charge on any atom is -0.508 e. The van der Waals surface area contributed by atoms with Crippen LogP contribution in [-0.4, -0.2) is 11.0 Å². The van der Waals surface area contributed by atoms with Gasteiger partial charge in [-0.2, -0.15) is 13.2 Å². The number of hydrogen-bond donors (Lipinski definition) is 2. The van der Waals surface area contributed by atoms with E-state index in [-0.39, 0.29) is 22.4 Å². The molecule has 6 heteroatoms. The largest absolute Gasteiger partial charge is 0.508 e. The summed E-state index contributed by atoms with van der Waals surface area (Å²) >= 11 is 0. The van der Waals surface area contributed by atoms with Crippen molar-refractivity contribution in [3.05, 3.63) is 53.6 Å². The number of halogens is 3. The molecule has 1 amide bonds. The second kappa shape index (κ2) is 4.88. The lowest BCUT2D eigenvalue weighted by Gasteiger charge is -2.11. The van der Waals surface area contributed by atoms with Crippen molar-refractivity contribution in [2.45, 2.75) is 6.18 Å². The third-order valence-electron chi connectivity index (χ3n) is 2.77. The SMILES string of the molecule is NC(=O)c1ccc(O)cc1-c1cccc(C(F)(F)F)c1. The second-order valence-corrected chi connectivity index (χ2v) is 4.17. The summed E-state index contributed by atoms with van der Waals surface area (Å²) < 4.78 is 38.0. The van der Waals surface area contributed by atoms with Crippen molar-refractivity contribution >= 4 is 5.91 Å². The number of phenols is 1. The van der Waals surface area contributed by atoms with Crippen LogP contribution in [0.15, 0.2) is 42.5 Å². The Kier molecular flexibility index (Phi) is 3.40. The Balaban J connectivity index is 2.62. The van der Waals surface area contributed by atoms with Crippen LogP contribution in [-0.2, 0) is 6.18 Å². The van der Waals surface area contributed by atoms with Gasteiger partial charge in [0.2, 0.25) is 5.91 Å². The number of alkyl halides is 3. The molecular formula is C14H10F3NO2. The molecule has 0 spiro atoms. The predicted octanol–water partition coefficient (Wildman–Crippen LogP) is 3.18. The topological polar surface area (TPSA) is 63.3 Å². The normalized spacial score (nSPS) is 11.3.